The van der Waals surface area contributed by atoms with Crippen molar-refractivity contribution in [3.8, 4) is 0 Å². The van der Waals surface area contributed by atoms with Crippen molar-refractivity contribution in [1.29, 1.82) is 0 Å². The summed E-state index contributed by atoms with van der Waals surface area (Å²) in [6.45, 7) is 1.63. The molecule has 0 fully saturated rings. The number of aliphatic hydroxyl groups is 2. The van der Waals surface area contributed by atoms with Crippen LogP contribution in [0.4, 0.5) is 0 Å². The second-order valence-corrected chi connectivity index (χ2v) is 17.1. The van der Waals surface area contributed by atoms with Crippen LogP contribution in [0.5, 0.6) is 0 Å². The zero-order valence-corrected chi connectivity index (χ0v) is 34.6. The molecule has 0 rings (SSSR count). The van der Waals surface area contributed by atoms with Crippen LogP contribution in [-0.4, -0.2) is 94.8 Å². The molecule has 2 unspecified atom stereocenters. The van der Waals surface area contributed by atoms with Crippen molar-refractivity contribution < 1.29 is 62.2 Å². The van der Waals surface area contributed by atoms with Crippen LogP contribution in [0.15, 0.2) is 0 Å². The van der Waals surface area contributed by atoms with E-state index in [1.165, 1.54) is 103 Å². The van der Waals surface area contributed by atoms with E-state index in [0.29, 0.717) is 13.2 Å². The molecule has 15 heteroatoms. The van der Waals surface area contributed by atoms with Gasteiger partial charge in [-0.05, 0) is 12.8 Å². The molecule has 314 valence electrons. The quantitative estimate of drug-likeness (QED) is 0.0255. The maximum Gasteiger partial charge on any atom is 0.470 e. The van der Waals surface area contributed by atoms with Crippen LogP contribution in [-0.2, 0) is 32.4 Å². The maximum atomic E-state index is 11.8. The molecule has 0 radical (unpaired) electrons. The molecule has 0 saturated carbocycles. The molecule has 0 aliphatic rings. The molecule has 0 aliphatic carbocycles. The van der Waals surface area contributed by atoms with E-state index in [2.05, 4.69) is 13.8 Å². The summed E-state index contributed by atoms with van der Waals surface area (Å²) in [6, 6.07) is 0. The zero-order valence-electron chi connectivity index (χ0n) is 32.8. The van der Waals surface area contributed by atoms with Gasteiger partial charge >= 0.3 is 15.6 Å². The highest BCUT2D eigenvalue weighted by Crippen LogP contribution is 2.42. The molecule has 0 saturated heterocycles. The van der Waals surface area contributed by atoms with E-state index in [9.17, 15) is 38.9 Å². The predicted molar refractivity (Wildman–Crippen MR) is 205 cm³/mol. The Labute approximate surface area is 315 Å². The minimum Gasteiger partial charge on any atom is -0.396 e. The lowest BCUT2D eigenvalue weighted by atomic mass is 9.92. The summed E-state index contributed by atoms with van der Waals surface area (Å²) >= 11 is 0. The Kier molecular flexibility index (Phi) is 33.2. The SMILES string of the molecule is CCCCCCCCCCCCCCOCC(CO)(COCC(CO)(COCCCCCCCCCCCCCC)OP(=O)(O)O)COP(=O)(O)O. The van der Waals surface area contributed by atoms with E-state index >= 15 is 0 Å². The predicted octanol–water partition coefficient (Wildman–Crippen LogP) is 8.37. The summed E-state index contributed by atoms with van der Waals surface area (Å²) in [5.74, 6) is 0. The summed E-state index contributed by atoms with van der Waals surface area (Å²) < 4.78 is 50.2. The average molecular weight is 793 g/mol. The average Bonchev–Trinajstić information content (AvgIpc) is 3.09. The Morgan fingerprint density at radius 1 is 0.423 bits per heavy atom. The summed E-state index contributed by atoms with van der Waals surface area (Å²) in [7, 11) is -9.98. The van der Waals surface area contributed by atoms with Crippen LogP contribution in [0.25, 0.3) is 0 Å². The van der Waals surface area contributed by atoms with Crippen molar-refractivity contribution >= 4 is 15.6 Å². The summed E-state index contributed by atoms with van der Waals surface area (Å²) in [5, 5.41) is 20.4. The van der Waals surface area contributed by atoms with E-state index in [1.54, 1.807) is 0 Å². The molecule has 2 atom stereocenters. The lowest BCUT2D eigenvalue weighted by Crippen LogP contribution is -2.48. The second-order valence-electron chi connectivity index (χ2n) is 14.7. The number of phosphoric ester groups is 2. The number of unbranched alkanes of at least 4 members (excludes halogenated alkanes) is 22. The monoisotopic (exact) mass is 792 g/mol. The summed E-state index contributed by atoms with van der Waals surface area (Å²) in [5.41, 5.74) is -3.32. The van der Waals surface area contributed by atoms with E-state index in [1.807, 2.05) is 0 Å². The molecule has 13 nitrogen and oxygen atoms in total. The molecule has 0 aliphatic heterocycles. The van der Waals surface area contributed by atoms with E-state index in [0.717, 1.165) is 51.4 Å². The molecule has 0 heterocycles. The lowest BCUT2D eigenvalue weighted by Gasteiger charge is -2.35. The third-order valence-corrected chi connectivity index (χ3v) is 10.4. The zero-order chi connectivity index (χ0) is 38.9. The number of ether oxygens (including phenoxy) is 3. The first kappa shape index (κ1) is 52.0. The van der Waals surface area contributed by atoms with Crippen LogP contribution in [0.3, 0.4) is 0 Å². The van der Waals surface area contributed by atoms with Crippen molar-refractivity contribution in [2.45, 2.75) is 174 Å². The molecule has 0 aromatic heterocycles. The van der Waals surface area contributed by atoms with Gasteiger partial charge in [-0.25, -0.2) is 9.13 Å². The molecular weight excluding hydrogens is 714 g/mol. The highest BCUT2D eigenvalue weighted by atomic mass is 31.2. The Bertz CT molecular complexity index is 888. The van der Waals surface area contributed by atoms with Crippen LogP contribution < -0.4 is 0 Å². The largest absolute Gasteiger partial charge is 0.470 e. The Morgan fingerprint density at radius 3 is 1.12 bits per heavy atom. The summed E-state index contributed by atoms with van der Waals surface area (Å²) in [4.78, 5) is 37.8. The van der Waals surface area contributed by atoms with Crippen molar-refractivity contribution in [2.24, 2.45) is 5.41 Å². The fourth-order valence-electron chi connectivity index (χ4n) is 6.04. The van der Waals surface area contributed by atoms with Gasteiger partial charge in [0.15, 0.2) is 0 Å². The van der Waals surface area contributed by atoms with E-state index in [4.69, 9.17) is 23.3 Å². The van der Waals surface area contributed by atoms with Crippen molar-refractivity contribution in [3.63, 3.8) is 0 Å². The Hall–Kier alpha value is 0.0200. The normalized spacial score (nSPS) is 14.8. The minimum absolute atomic E-state index is 0.150. The third-order valence-electron chi connectivity index (χ3n) is 9.31. The number of rotatable bonds is 41. The highest BCUT2D eigenvalue weighted by molar-refractivity contribution is 7.46. The molecule has 0 spiro atoms. The van der Waals surface area contributed by atoms with Crippen molar-refractivity contribution in [3.05, 3.63) is 0 Å². The number of aliphatic hydroxyl groups excluding tert-OH is 2. The van der Waals surface area contributed by atoms with Gasteiger partial charge in [-0.3, -0.25) is 9.05 Å². The maximum absolute atomic E-state index is 11.8. The number of hydrogen-bond acceptors (Lipinski definition) is 9. The molecule has 6 N–H and O–H groups in total. The fourth-order valence-corrected chi connectivity index (χ4v) is 7.15. The van der Waals surface area contributed by atoms with Crippen molar-refractivity contribution in [2.75, 3.05) is 59.5 Å². The van der Waals surface area contributed by atoms with Crippen LogP contribution in [0.2, 0.25) is 0 Å². The second kappa shape index (κ2) is 33.2. The molecule has 0 amide bonds. The van der Waals surface area contributed by atoms with Gasteiger partial charge in [-0.15, -0.1) is 0 Å². The van der Waals surface area contributed by atoms with E-state index in [-0.39, 0.29) is 19.8 Å². The van der Waals surface area contributed by atoms with Gasteiger partial charge < -0.3 is 44.0 Å². The first-order valence-corrected chi connectivity index (χ1v) is 23.3. The van der Waals surface area contributed by atoms with Gasteiger partial charge in [0.25, 0.3) is 0 Å². The van der Waals surface area contributed by atoms with Crippen LogP contribution in [0, 0.1) is 5.41 Å². The van der Waals surface area contributed by atoms with E-state index < -0.39 is 53.1 Å². The van der Waals surface area contributed by atoms with Gasteiger partial charge in [0, 0.05) is 13.2 Å². The molecular formula is C37H78O13P2. The standard InChI is InChI=1S/C37H78O13P2/c1-3-5-7-9-11-13-15-17-19-21-23-25-27-46-31-36(29-38,33-49-51(40,41)42)32-48-35-37(30-39,50-52(43,44)45)34-47-28-26-24-22-20-18-16-14-12-10-8-6-4-2/h38-39H,3-35H2,1-2H3,(H2,40,41,42)(H2,43,44,45). The van der Waals surface area contributed by atoms with Gasteiger partial charge in [-0.2, -0.15) is 0 Å². The van der Waals surface area contributed by atoms with Crippen molar-refractivity contribution in [1.82, 2.24) is 0 Å². The Balaban J connectivity index is 4.75. The van der Waals surface area contributed by atoms with Crippen LogP contribution >= 0.6 is 15.6 Å². The smallest absolute Gasteiger partial charge is 0.396 e. The Morgan fingerprint density at radius 2 is 0.769 bits per heavy atom. The number of hydrogen-bond donors (Lipinski definition) is 6. The topological polar surface area (TPSA) is 202 Å². The highest BCUT2D eigenvalue weighted by Gasteiger charge is 2.41. The first-order chi connectivity index (χ1) is 24.9. The van der Waals surface area contributed by atoms with Gasteiger partial charge in [0.05, 0.1) is 51.7 Å². The first-order valence-electron chi connectivity index (χ1n) is 20.3. The molecule has 0 aromatic carbocycles. The van der Waals surface area contributed by atoms with Gasteiger partial charge in [0.2, 0.25) is 0 Å². The number of phosphoric acid groups is 2. The lowest BCUT2D eigenvalue weighted by molar-refractivity contribution is -0.138. The third kappa shape index (κ3) is 32.3. The van der Waals surface area contributed by atoms with Crippen LogP contribution in [0.1, 0.15) is 168 Å². The van der Waals surface area contributed by atoms with Gasteiger partial charge in [0.1, 0.15) is 5.60 Å². The molecule has 0 bridgehead atoms. The summed E-state index contributed by atoms with van der Waals surface area (Å²) in [6.07, 6.45) is 28.4. The van der Waals surface area contributed by atoms with Gasteiger partial charge in [-0.1, -0.05) is 155 Å². The minimum atomic E-state index is -5.08. The fraction of sp³-hybridized carbons (Fsp3) is 1.00. The molecule has 0 aromatic rings. The molecule has 52 heavy (non-hydrogen) atoms.